The summed E-state index contributed by atoms with van der Waals surface area (Å²) < 4.78 is 0. The zero-order chi connectivity index (χ0) is 6.78. The Balaban J connectivity index is 3.71. The van der Waals surface area contributed by atoms with Crippen molar-refractivity contribution in [3.05, 3.63) is 6.92 Å². The summed E-state index contributed by atoms with van der Waals surface area (Å²) in [5.41, 5.74) is 5.85. The first-order valence-electron chi connectivity index (χ1n) is 3.05. The van der Waals surface area contributed by atoms with E-state index in [1.54, 1.807) is 0 Å². The smallest absolute Gasteiger partial charge is 0.00617 e. The third-order valence-corrected chi connectivity index (χ3v) is 1.88. The van der Waals surface area contributed by atoms with Gasteiger partial charge in [-0.15, -0.1) is 0 Å². The molecule has 0 saturated carbocycles. The Morgan fingerprint density at radius 3 is 2.00 bits per heavy atom. The van der Waals surface area contributed by atoms with Gasteiger partial charge in [-0.05, 0) is 18.8 Å². The van der Waals surface area contributed by atoms with Crippen molar-refractivity contribution >= 4 is 0 Å². The van der Waals surface area contributed by atoms with Crippen LogP contribution < -0.4 is 5.73 Å². The maximum absolute atomic E-state index is 5.64. The summed E-state index contributed by atoms with van der Waals surface area (Å²) in [6, 6.07) is 0.250. The normalized spacial score (nSPS) is 16.1. The lowest BCUT2D eigenvalue weighted by atomic mass is 9.84. The summed E-state index contributed by atoms with van der Waals surface area (Å²) in [6.45, 7) is 10.1. The van der Waals surface area contributed by atoms with Gasteiger partial charge in [-0.2, -0.15) is 0 Å². The summed E-state index contributed by atoms with van der Waals surface area (Å²) >= 11 is 0. The molecule has 0 spiro atoms. The Morgan fingerprint density at radius 1 is 1.62 bits per heavy atom. The van der Waals surface area contributed by atoms with Crippen molar-refractivity contribution in [2.75, 3.05) is 0 Å². The van der Waals surface area contributed by atoms with E-state index in [1.165, 1.54) is 0 Å². The Bertz CT molecular complexity index is 64.8. The minimum atomic E-state index is 0.208. The van der Waals surface area contributed by atoms with Crippen LogP contribution in [-0.2, 0) is 0 Å². The molecule has 0 aliphatic carbocycles. The molecule has 0 bridgehead atoms. The molecular formula is C7H16N. The first-order valence-corrected chi connectivity index (χ1v) is 3.05. The molecule has 1 nitrogen and oxygen atoms in total. The molecule has 0 aromatic carbocycles. The topological polar surface area (TPSA) is 26.0 Å². The van der Waals surface area contributed by atoms with Crippen LogP contribution in [0.3, 0.4) is 0 Å². The monoisotopic (exact) mass is 114 g/mol. The van der Waals surface area contributed by atoms with Gasteiger partial charge >= 0.3 is 0 Å². The van der Waals surface area contributed by atoms with Gasteiger partial charge < -0.3 is 5.73 Å². The Kier molecular flexibility index (Phi) is 2.48. The summed E-state index contributed by atoms with van der Waals surface area (Å²) in [4.78, 5) is 0. The van der Waals surface area contributed by atoms with Gasteiger partial charge in [0.25, 0.3) is 0 Å². The van der Waals surface area contributed by atoms with Gasteiger partial charge in [0, 0.05) is 6.04 Å². The van der Waals surface area contributed by atoms with Crippen LogP contribution >= 0.6 is 0 Å². The Morgan fingerprint density at radius 2 is 2.00 bits per heavy atom. The van der Waals surface area contributed by atoms with Gasteiger partial charge in [-0.1, -0.05) is 20.8 Å². The second kappa shape index (κ2) is 2.49. The minimum absolute atomic E-state index is 0.208. The lowest BCUT2D eigenvalue weighted by Gasteiger charge is -2.26. The van der Waals surface area contributed by atoms with Crippen molar-refractivity contribution in [1.29, 1.82) is 0 Å². The van der Waals surface area contributed by atoms with Crippen LogP contribution in [0, 0.1) is 12.3 Å². The largest absolute Gasteiger partial charge is 0.327 e. The summed E-state index contributed by atoms with van der Waals surface area (Å²) in [7, 11) is 0. The standard InChI is InChI=1S/C7H16N/c1-5-7(3,4)6(2)8/h6H,1,5,8H2,2-4H3. The molecular weight excluding hydrogens is 98.1 g/mol. The molecule has 0 amide bonds. The first-order chi connectivity index (χ1) is 3.50. The molecule has 0 saturated heterocycles. The fourth-order valence-electron chi connectivity index (χ4n) is 0.228. The quantitative estimate of drug-likeness (QED) is 0.579. The lowest BCUT2D eigenvalue weighted by Crippen LogP contribution is -2.33. The van der Waals surface area contributed by atoms with E-state index in [-0.39, 0.29) is 11.5 Å². The summed E-state index contributed by atoms with van der Waals surface area (Å²) in [5.74, 6) is 0. The van der Waals surface area contributed by atoms with Gasteiger partial charge in [-0.25, -0.2) is 0 Å². The molecule has 0 aliphatic rings. The average Bonchev–Trinajstić information content (AvgIpc) is 1.67. The van der Waals surface area contributed by atoms with E-state index in [1.807, 2.05) is 6.92 Å². The predicted octanol–water partition coefficient (Wildman–Crippen LogP) is 1.58. The second-order valence-electron chi connectivity index (χ2n) is 3.03. The molecule has 0 heterocycles. The maximum Gasteiger partial charge on any atom is 0.00617 e. The molecule has 1 heteroatoms. The summed E-state index contributed by atoms with van der Waals surface area (Å²) in [6.07, 6.45) is 0.907. The van der Waals surface area contributed by atoms with Crippen LogP contribution in [-0.4, -0.2) is 6.04 Å². The molecule has 1 atom stereocenters. The third-order valence-electron chi connectivity index (χ3n) is 1.88. The first kappa shape index (κ1) is 7.96. The van der Waals surface area contributed by atoms with Crippen LogP contribution in [0.4, 0.5) is 0 Å². The van der Waals surface area contributed by atoms with Gasteiger partial charge in [0.2, 0.25) is 0 Å². The van der Waals surface area contributed by atoms with E-state index in [9.17, 15) is 0 Å². The Hall–Kier alpha value is -0.0400. The molecule has 0 aromatic rings. The van der Waals surface area contributed by atoms with Crippen molar-refractivity contribution in [2.24, 2.45) is 11.1 Å². The van der Waals surface area contributed by atoms with Crippen molar-refractivity contribution in [1.82, 2.24) is 0 Å². The van der Waals surface area contributed by atoms with Gasteiger partial charge in [-0.3, -0.25) is 0 Å². The molecule has 0 aromatic heterocycles. The average molecular weight is 114 g/mol. The van der Waals surface area contributed by atoms with Gasteiger partial charge in [0.05, 0.1) is 0 Å². The molecule has 2 N–H and O–H groups in total. The third kappa shape index (κ3) is 1.83. The molecule has 0 aliphatic heterocycles. The van der Waals surface area contributed by atoms with E-state index in [0.29, 0.717) is 0 Å². The maximum atomic E-state index is 5.64. The van der Waals surface area contributed by atoms with E-state index in [2.05, 4.69) is 20.8 Å². The van der Waals surface area contributed by atoms with E-state index in [0.717, 1.165) is 6.42 Å². The highest BCUT2D eigenvalue weighted by atomic mass is 14.7. The van der Waals surface area contributed by atoms with Crippen molar-refractivity contribution in [2.45, 2.75) is 33.2 Å². The number of nitrogens with two attached hydrogens (primary N) is 1. The molecule has 0 fully saturated rings. The van der Waals surface area contributed by atoms with Gasteiger partial charge in [0.1, 0.15) is 0 Å². The number of hydrogen-bond acceptors (Lipinski definition) is 1. The fraction of sp³-hybridized carbons (Fsp3) is 0.857. The molecule has 8 heavy (non-hydrogen) atoms. The van der Waals surface area contributed by atoms with Crippen molar-refractivity contribution in [3.8, 4) is 0 Å². The minimum Gasteiger partial charge on any atom is -0.327 e. The van der Waals surface area contributed by atoms with Crippen LogP contribution in [0.1, 0.15) is 27.2 Å². The highest BCUT2D eigenvalue weighted by Gasteiger charge is 2.19. The molecule has 49 valence electrons. The number of hydrogen-bond donors (Lipinski definition) is 1. The van der Waals surface area contributed by atoms with Crippen LogP contribution in [0.15, 0.2) is 0 Å². The SMILES string of the molecule is [CH2]CC(C)(C)C(C)N. The lowest BCUT2D eigenvalue weighted by molar-refractivity contribution is 0.304. The Labute approximate surface area is 52.3 Å². The zero-order valence-electron chi connectivity index (χ0n) is 6.07. The molecule has 1 radical (unpaired) electrons. The van der Waals surface area contributed by atoms with Crippen molar-refractivity contribution in [3.63, 3.8) is 0 Å². The van der Waals surface area contributed by atoms with Crippen LogP contribution in [0.25, 0.3) is 0 Å². The molecule has 1 unspecified atom stereocenters. The van der Waals surface area contributed by atoms with Crippen molar-refractivity contribution < 1.29 is 0 Å². The predicted molar refractivity (Wildman–Crippen MR) is 37.4 cm³/mol. The summed E-state index contributed by atoms with van der Waals surface area (Å²) in [5, 5.41) is 0. The van der Waals surface area contributed by atoms with E-state index < -0.39 is 0 Å². The second-order valence-corrected chi connectivity index (χ2v) is 3.03. The highest BCUT2D eigenvalue weighted by molar-refractivity contribution is 4.77. The van der Waals surface area contributed by atoms with Crippen LogP contribution in [0.5, 0.6) is 0 Å². The number of rotatable bonds is 2. The van der Waals surface area contributed by atoms with E-state index in [4.69, 9.17) is 5.73 Å². The van der Waals surface area contributed by atoms with Crippen LogP contribution in [0.2, 0.25) is 0 Å². The zero-order valence-corrected chi connectivity index (χ0v) is 6.07. The van der Waals surface area contributed by atoms with Gasteiger partial charge in [0.15, 0.2) is 0 Å². The van der Waals surface area contributed by atoms with E-state index >= 15 is 0 Å². The fourth-order valence-corrected chi connectivity index (χ4v) is 0.228. The molecule has 0 rings (SSSR count). The highest BCUT2D eigenvalue weighted by Crippen LogP contribution is 2.21.